The van der Waals surface area contributed by atoms with Gasteiger partial charge in [-0.3, -0.25) is 14.3 Å². The molecule has 0 atom stereocenters. The molecular weight excluding hydrogens is 322 g/mol. The molecule has 20 heavy (non-hydrogen) atoms. The maximum atomic E-state index is 5.52. The SMILES string of the molecule is Brc1cnn(C2CN(Cc3cnn4c3COCC4)C2)c1. The van der Waals surface area contributed by atoms with Gasteiger partial charge in [0.1, 0.15) is 0 Å². The first-order chi connectivity index (χ1) is 9.79. The predicted molar refractivity (Wildman–Crippen MR) is 76.1 cm³/mol. The van der Waals surface area contributed by atoms with E-state index in [1.54, 1.807) is 0 Å². The summed E-state index contributed by atoms with van der Waals surface area (Å²) in [4.78, 5) is 2.42. The van der Waals surface area contributed by atoms with Crippen molar-refractivity contribution in [2.45, 2.75) is 25.7 Å². The molecule has 0 aliphatic carbocycles. The lowest BCUT2D eigenvalue weighted by Crippen LogP contribution is -2.47. The summed E-state index contributed by atoms with van der Waals surface area (Å²) in [7, 11) is 0. The van der Waals surface area contributed by atoms with Gasteiger partial charge in [0.2, 0.25) is 0 Å². The van der Waals surface area contributed by atoms with E-state index in [2.05, 4.69) is 35.7 Å². The van der Waals surface area contributed by atoms with Crippen LogP contribution in [0.15, 0.2) is 23.1 Å². The lowest BCUT2D eigenvalue weighted by molar-refractivity contribution is 0.0729. The number of aromatic nitrogens is 4. The molecule has 2 aromatic rings. The average molecular weight is 338 g/mol. The van der Waals surface area contributed by atoms with Crippen molar-refractivity contribution in [2.24, 2.45) is 0 Å². The molecule has 6 nitrogen and oxygen atoms in total. The number of hydrogen-bond acceptors (Lipinski definition) is 4. The first-order valence-electron chi connectivity index (χ1n) is 6.83. The van der Waals surface area contributed by atoms with E-state index in [1.165, 1.54) is 11.3 Å². The first kappa shape index (κ1) is 12.6. The Bertz CT molecular complexity index is 616. The summed E-state index contributed by atoms with van der Waals surface area (Å²) in [6.07, 6.45) is 5.87. The molecular formula is C13H16BrN5O. The first-order valence-corrected chi connectivity index (χ1v) is 7.62. The Morgan fingerprint density at radius 2 is 2.20 bits per heavy atom. The number of nitrogens with zero attached hydrogens (tertiary/aromatic N) is 5. The zero-order chi connectivity index (χ0) is 13.5. The highest BCUT2D eigenvalue weighted by atomic mass is 79.9. The number of rotatable bonds is 3. The molecule has 0 N–H and O–H groups in total. The number of fused-ring (bicyclic) bond motifs is 1. The number of ether oxygens (including phenoxy) is 1. The molecule has 0 amide bonds. The van der Waals surface area contributed by atoms with Crippen LogP contribution in [0.2, 0.25) is 0 Å². The summed E-state index contributed by atoms with van der Waals surface area (Å²) >= 11 is 3.44. The van der Waals surface area contributed by atoms with Crippen molar-refractivity contribution in [3.05, 3.63) is 34.3 Å². The van der Waals surface area contributed by atoms with Gasteiger partial charge in [0.05, 0.1) is 48.4 Å². The number of likely N-dealkylation sites (tertiary alicyclic amines) is 1. The highest BCUT2D eigenvalue weighted by Crippen LogP contribution is 2.25. The van der Waals surface area contributed by atoms with Gasteiger partial charge in [-0.15, -0.1) is 0 Å². The molecule has 7 heteroatoms. The van der Waals surface area contributed by atoms with Gasteiger partial charge in [-0.1, -0.05) is 0 Å². The third-order valence-electron chi connectivity index (χ3n) is 4.00. The van der Waals surface area contributed by atoms with Crippen LogP contribution in [0, 0.1) is 0 Å². The average Bonchev–Trinajstić information content (AvgIpc) is 3.00. The molecule has 0 aromatic carbocycles. The smallest absolute Gasteiger partial charge is 0.0889 e. The molecule has 1 fully saturated rings. The van der Waals surface area contributed by atoms with Crippen molar-refractivity contribution in [3.63, 3.8) is 0 Å². The van der Waals surface area contributed by atoms with Crippen molar-refractivity contribution < 1.29 is 4.74 Å². The molecule has 0 bridgehead atoms. The van der Waals surface area contributed by atoms with E-state index in [0.29, 0.717) is 12.6 Å². The molecule has 0 radical (unpaired) electrons. The Balaban J connectivity index is 1.39. The molecule has 4 rings (SSSR count). The topological polar surface area (TPSA) is 48.1 Å². The van der Waals surface area contributed by atoms with Crippen LogP contribution in [0.25, 0.3) is 0 Å². The van der Waals surface area contributed by atoms with Crippen LogP contribution < -0.4 is 0 Å². The molecule has 2 aliphatic rings. The van der Waals surface area contributed by atoms with Crippen molar-refractivity contribution >= 4 is 15.9 Å². The minimum absolute atomic E-state index is 0.490. The van der Waals surface area contributed by atoms with E-state index in [9.17, 15) is 0 Å². The van der Waals surface area contributed by atoms with E-state index >= 15 is 0 Å². The summed E-state index contributed by atoms with van der Waals surface area (Å²) in [6, 6.07) is 0.490. The number of halogens is 1. The quantitative estimate of drug-likeness (QED) is 0.850. The Morgan fingerprint density at radius 3 is 3.00 bits per heavy atom. The van der Waals surface area contributed by atoms with Gasteiger partial charge < -0.3 is 4.74 Å². The van der Waals surface area contributed by atoms with Gasteiger partial charge in [-0.2, -0.15) is 10.2 Å². The van der Waals surface area contributed by atoms with Gasteiger partial charge in [0.25, 0.3) is 0 Å². The molecule has 0 saturated carbocycles. The molecule has 0 spiro atoms. The van der Waals surface area contributed by atoms with Crippen molar-refractivity contribution in [1.82, 2.24) is 24.5 Å². The van der Waals surface area contributed by atoms with Gasteiger partial charge >= 0.3 is 0 Å². The van der Waals surface area contributed by atoms with Gasteiger partial charge in [0.15, 0.2) is 0 Å². The summed E-state index contributed by atoms with van der Waals surface area (Å²) in [5.41, 5.74) is 2.53. The van der Waals surface area contributed by atoms with E-state index in [4.69, 9.17) is 4.74 Å². The van der Waals surface area contributed by atoms with Crippen LogP contribution in [0.4, 0.5) is 0 Å². The zero-order valence-corrected chi connectivity index (χ0v) is 12.7. The van der Waals surface area contributed by atoms with Crippen LogP contribution in [-0.4, -0.2) is 44.2 Å². The number of hydrogen-bond donors (Lipinski definition) is 0. The third kappa shape index (κ3) is 2.19. The highest BCUT2D eigenvalue weighted by Gasteiger charge is 2.30. The minimum Gasteiger partial charge on any atom is -0.373 e. The van der Waals surface area contributed by atoms with E-state index in [-0.39, 0.29) is 0 Å². The Hall–Kier alpha value is -1.18. The molecule has 4 heterocycles. The lowest BCUT2D eigenvalue weighted by atomic mass is 10.1. The van der Waals surface area contributed by atoms with Crippen LogP contribution in [0.1, 0.15) is 17.3 Å². The second-order valence-corrected chi connectivity index (χ2v) is 6.29. The van der Waals surface area contributed by atoms with Crippen molar-refractivity contribution in [1.29, 1.82) is 0 Å². The second-order valence-electron chi connectivity index (χ2n) is 5.38. The fourth-order valence-corrected chi connectivity index (χ4v) is 3.16. The molecule has 106 valence electrons. The van der Waals surface area contributed by atoms with Crippen LogP contribution in [-0.2, 0) is 24.4 Å². The third-order valence-corrected chi connectivity index (χ3v) is 4.41. The Labute approximate surface area is 125 Å². The molecule has 0 unspecified atom stereocenters. The highest BCUT2D eigenvalue weighted by molar-refractivity contribution is 9.10. The fraction of sp³-hybridized carbons (Fsp3) is 0.538. The largest absolute Gasteiger partial charge is 0.373 e. The normalized spacial score (nSPS) is 19.9. The lowest BCUT2D eigenvalue weighted by Gasteiger charge is -2.39. The second kappa shape index (κ2) is 4.98. The van der Waals surface area contributed by atoms with Crippen molar-refractivity contribution in [2.75, 3.05) is 19.7 Å². The monoisotopic (exact) mass is 337 g/mol. The molecule has 2 aliphatic heterocycles. The summed E-state index contributed by atoms with van der Waals surface area (Å²) < 4.78 is 10.7. The van der Waals surface area contributed by atoms with Gasteiger partial charge in [0, 0.05) is 31.4 Å². The predicted octanol–water partition coefficient (Wildman–Crippen LogP) is 1.43. The standard InChI is InChI=1S/C13H16BrN5O/c14-11-4-16-19(6-11)12-7-17(8-12)5-10-3-15-18-1-2-20-9-13(10)18/h3-4,6,12H,1-2,5,7-9H2. The Morgan fingerprint density at radius 1 is 1.30 bits per heavy atom. The maximum Gasteiger partial charge on any atom is 0.0889 e. The summed E-state index contributed by atoms with van der Waals surface area (Å²) in [5.74, 6) is 0. The van der Waals surface area contributed by atoms with Gasteiger partial charge in [-0.05, 0) is 15.9 Å². The minimum atomic E-state index is 0.490. The van der Waals surface area contributed by atoms with E-state index in [1.807, 2.05) is 23.3 Å². The molecule has 1 saturated heterocycles. The van der Waals surface area contributed by atoms with Crippen molar-refractivity contribution in [3.8, 4) is 0 Å². The van der Waals surface area contributed by atoms with E-state index < -0.39 is 0 Å². The molecule has 2 aromatic heterocycles. The van der Waals surface area contributed by atoms with Crippen LogP contribution in [0.5, 0.6) is 0 Å². The summed E-state index contributed by atoms with van der Waals surface area (Å²) in [5, 5.41) is 8.78. The van der Waals surface area contributed by atoms with Gasteiger partial charge in [-0.25, -0.2) is 0 Å². The van der Waals surface area contributed by atoms with Crippen LogP contribution in [0.3, 0.4) is 0 Å². The fourth-order valence-electron chi connectivity index (χ4n) is 2.86. The van der Waals surface area contributed by atoms with E-state index in [0.717, 1.165) is 37.3 Å². The summed E-state index contributed by atoms with van der Waals surface area (Å²) in [6.45, 7) is 5.38. The maximum absolute atomic E-state index is 5.52. The van der Waals surface area contributed by atoms with Crippen LogP contribution >= 0.6 is 15.9 Å². The Kier molecular flexibility index (Phi) is 3.13. The zero-order valence-electron chi connectivity index (χ0n) is 11.1.